The van der Waals surface area contributed by atoms with Crippen molar-refractivity contribution in [2.24, 2.45) is 0 Å². The van der Waals surface area contributed by atoms with E-state index in [9.17, 15) is 59.2 Å². The maximum absolute atomic E-state index is 13.3. The normalized spacial score (nSPS) is 13.7. The number of carbonyl (C=O) groups excluding carboxylic acids is 4. The molecule has 0 atom stereocenters. The summed E-state index contributed by atoms with van der Waals surface area (Å²) < 4.78 is 98.2. The van der Waals surface area contributed by atoms with Crippen molar-refractivity contribution in [1.82, 2.24) is 24.8 Å². The average Bonchev–Trinajstić information content (AvgIpc) is 3.18. The van der Waals surface area contributed by atoms with Crippen LogP contribution >= 0.6 is 11.6 Å². The Kier molecular flexibility index (Phi) is 14.1. The van der Waals surface area contributed by atoms with Crippen LogP contribution in [0, 0.1) is 11.3 Å². The Hall–Kier alpha value is -6.57. The summed E-state index contributed by atoms with van der Waals surface area (Å²) in [7, 11) is 0. The first kappa shape index (κ1) is 44.1. The number of aryl methyl sites for hydroxylation is 2. The maximum atomic E-state index is 13.3. The number of ketones is 2. The highest BCUT2D eigenvalue weighted by molar-refractivity contribution is 6.41. The number of hydrogen-bond acceptors (Lipinski definition) is 12. The second-order valence-corrected chi connectivity index (χ2v) is 12.2. The van der Waals surface area contributed by atoms with Gasteiger partial charge >= 0.3 is 36.1 Å². The van der Waals surface area contributed by atoms with Crippen molar-refractivity contribution in [1.29, 1.82) is 5.26 Å². The van der Waals surface area contributed by atoms with E-state index in [1.165, 1.54) is 0 Å². The zero-order chi connectivity index (χ0) is 42.8. The number of anilines is 6. The molecule has 24 heteroatoms. The van der Waals surface area contributed by atoms with Gasteiger partial charge in [-0.3, -0.25) is 19.4 Å². The first-order chi connectivity index (χ1) is 27.2. The van der Waals surface area contributed by atoms with Crippen molar-refractivity contribution in [3.8, 4) is 6.07 Å². The lowest BCUT2D eigenvalue weighted by Gasteiger charge is -2.35. The number of fused-ring (bicyclic) bond motifs is 6. The van der Waals surface area contributed by atoms with Crippen LogP contribution in [0.5, 0.6) is 0 Å². The number of hydrogen-bond donors (Lipinski definition) is 3. The highest BCUT2D eigenvalue weighted by Crippen LogP contribution is 2.30. The van der Waals surface area contributed by atoms with Gasteiger partial charge in [0.25, 0.3) is 0 Å². The number of nitrogens with one attached hydrogen (secondary N) is 3. The molecule has 5 heterocycles. The molecule has 6 bridgehead atoms. The van der Waals surface area contributed by atoms with E-state index < -0.39 is 36.4 Å². The number of alkyl halides is 9. The molecular formula is C34H26ClF9N10O4. The predicted molar refractivity (Wildman–Crippen MR) is 188 cm³/mol. The summed E-state index contributed by atoms with van der Waals surface area (Å²) >= 11 is 6.37. The predicted octanol–water partition coefficient (Wildman–Crippen LogP) is 6.73. The Morgan fingerprint density at radius 1 is 0.845 bits per heavy atom. The zero-order valence-electron chi connectivity index (χ0n) is 29.1. The number of aromatic nitrogens is 4. The van der Waals surface area contributed by atoms with Gasteiger partial charge in [0, 0.05) is 49.9 Å². The number of halogens is 10. The molecule has 2 amide bonds. The number of urea groups is 1. The van der Waals surface area contributed by atoms with Gasteiger partial charge in [-0.25, -0.2) is 14.8 Å². The number of Topliss-reactive ketones (excluding diaryl/α,β-unsaturated/α-hetero) is 2. The molecule has 0 saturated carbocycles. The molecule has 1 aromatic carbocycles. The fourth-order valence-electron chi connectivity index (χ4n) is 5.06. The smallest absolute Gasteiger partial charge is 0.352 e. The van der Waals surface area contributed by atoms with Crippen LogP contribution in [-0.2, 0) is 27.2 Å². The topological polar surface area (TPSA) is 186 Å². The number of aldehydes is 1. The van der Waals surface area contributed by atoms with Crippen LogP contribution in [0.3, 0.4) is 0 Å². The van der Waals surface area contributed by atoms with Gasteiger partial charge in [-0.2, -0.15) is 49.8 Å². The number of nitrogens with zero attached hydrogens (tertiary/aromatic N) is 7. The van der Waals surface area contributed by atoms with Gasteiger partial charge in [0.2, 0.25) is 12.2 Å². The van der Waals surface area contributed by atoms with Gasteiger partial charge in [0.05, 0.1) is 23.6 Å². The van der Waals surface area contributed by atoms with Crippen molar-refractivity contribution in [2.75, 3.05) is 47.0 Å². The number of benzene rings is 1. The highest BCUT2D eigenvalue weighted by Gasteiger charge is 2.54. The van der Waals surface area contributed by atoms with E-state index in [1.807, 2.05) is 35.4 Å². The third-order valence-electron chi connectivity index (χ3n) is 7.72. The molecule has 3 aromatic heterocycles. The lowest BCUT2D eigenvalue weighted by atomic mass is 10.0. The Morgan fingerprint density at radius 2 is 1.50 bits per heavy atom. The summed E-state index contributed by atoms with van der Waals surface area (Å²) in [6.45, 7) is 2.21. The lowest BCUT2D eigenvalue weighted by molar-refractivity contribution is -0.193. The first-order valence-corrected chi connectivity index (χ1v) is 16.6. The molecule has 1 fully saturated rings. The van der Waals surface area contributed by atoms with E-state index in [1.54, 1.807) is 35.6 Å². The molecule has 58 heavy (non-hydrogen) atoms. The molecule has 14 nitrogen and oxygen atoms in total. The lowest BCUT2D eigenvalue weighted by Crippen LogP contribution is -2.50. The van der Waals surface area contributed by atoms with Crippen molar-refractivity contribution in [3.05, 3.63) is 82.9 Å². The number of piperazine rings is 1. The number of nitriles is 1. The molecule has 3 N–H and O–H groups in total. The minimum absolute atomic E-state index is 0.169. The summed E-state index contributed by atoms with van der Waals surface area (Å²) in [5.41, 5.74) is 4.84. The van der Waals surface area contributed by atoms with Crippen LogP contribution < -0.4 is 20.9 Å². The highest BCUT2D eigenvalue weighted by atomic mass is 35.5. The molecule has 306 valence electrons. The fraction of sp³-hybridized carbons (Fsp3) is 0.265. The van der Waals surface area contributed by atoms with Crippen LogP contribution in [0.1, 0.15) is 16.7 Å². The number of amides is 2. The molecule has 0 unspecified atom stereocenters. The van der Waals surface area contributed by atoms with Crippen LogP contribution in [0.4, 0.5) is 79.0 Å². The van der Waals surface area contributed by atoms with Gasteiger partial charge < -0.3 is 25.8 Å². The maximum Gasteiger partial charge on any atom is 0.458 e. The van der Waals surface area contributed by atoms with Gasteiger partial charge in [-0.05, 0) is 60.4 Å². The summed E-state index contributed by atoms with van der Waals surface area (Å²) in [6.07, 6.45) is -9.07. The molecule has 1 saturated heterocycles. The molecule has 0 aliphatic carbocycles. The number of rotatable bonds is 3. The van der Waals surface area contributed by atoms with Crippen LogP contribution in [-0.4, -0.2) is 93.4 Å². The van der Waals surface area contributed by atoms with Crippen LogP contribution in [0.15, 0.2) is 61.2 Å². The standard InChI is InChI=1S/C28H25ClN10O.C4F6O2.C2HF3O/c29-23-17-33-27-35-22-12-18(15-31-16-22)3-4-19-13-21(34-25(23)37-27)5-6-24(19)36-28(40)39-10-8-38(9-11-39)26-20(14-30)2-1-7-32-26;5-3(6,7)1(11)2(12)4(8,9)10;3-2(4,5)1-6/h1-2,5-7,12-13,15-17H,3-4,8-11H2,(H,36,40)(H2,33,34,35,37);;1H. The van der Waals surface area contributed by atoms with Crippen LogP contribution in [0.25, 0.3) is 0 Å². The van der Waals surface area contributed by atoms with Crippen molar-refractivity contribution in [3.63, 3.8) is 0 Å². The summed E-state index contributed by atoms with van der Waals surface area (Å²) in [5.74, 6) is -5.29. The van der Waals surface area contributed by atoms with Gasteiger partial charge in [-0.1, -0.05) is 11.6 Å². The zero-order valence-corrected chi connectivity index (χ0v) is 29.9. The van der Waals surface area contributed by atoms with E-state index >= 15 is 0 Å². The summed E-state index contributed by atoms with van der Waals surface area (Å²) in [5, 5.41) is 19.4. The van der Waals surface area contributed by atoms with Gasteiger partial charge in [0.15, 0.2) is 5.82 Å². The van der Waals surface area contributed by atoms with Crippen molar-refractivity contribution in [2.45, 2.75) is 31.4 Å². The Bertz CT molecular complexity index is 2170. The van der Waals surface area contributed by atoms with E-state index in [0.29, 0.717) is 60.8 Å². The Morgan fingerprint density at radius 3 is 2.10 bits per heavy atom. The first-order valence-electron chi connectivity index (χ1n) is 16.2. The molecule has 2 aliphatic rings. The summed E-state index contributed by atoms with van der Waals surface area (Å²) in [6, 6.07) is 13.3. The monoisotopic (exact) mass is 844 g/mol. The van der Waals surface area contributed by atoms with Gasteiger partial charge in [-0.15, -0.1) is 0 Å². The van der Waals surface area contributed by atoms with Crippen molar-refractivity contribution >= 4 is 70.1 Å². The molecular weight excluding hydrogens is 819 g/mol. The third kappa shape index (κ3) is 12.5. The Labute approximate surface area is 326 Å². The third-order valence-corrected chi connectivity index (χ3v) is 7.99. The van der Waals surface area contributed by atoms with Crippen molar-refractivity contribution < 1.29 is 58.7 Å². The molecule has 0 radical (unpaired) electrons. The van der Waals surface area contributed by atoms with Gasteiger partial charge in [0.1, 0.15) is 16.9 Å². The van der Waals surface area contributed by atoms with E-state index in [-0.39, 0.29) is 6.03 Å². The fourth-order valence-corrected chi connectivity index (χ4v) is 5.20. The minimum atomic E-state index is -5.77. The SMILES string of the molecule is N#Cc1cccnc1N1CCN(C(=O)Nc2ccc3cc2CCc2cncc(c2)Nc2ncc(Cl)c(n2)N3)CC1.O=C(C(=O)C(F)(F)F)C(F)(F)F.O=CC(F)(F)F. The average molecular weight is 845 g/mol. The summed E-state index contributed by atoms with van der Waals surface area (Å²) in [4.78, 5) is 62.6. The molecule has 6 rings (SSSR count). The molecule has 0 spiro atoms. The second-order valence-electron chi connectivity index (χ2n) is 11.8. The van der Waals surface area contributed by atoms with E-state index in [4.69, 9.17) is 16.4 Å². The van der Waals surface area contributed by atoms with E-state index in [0.717, 1.165) is 34.6 Å². The number of pyridine rings is 2. The molecule has 2 aliphatic heterocycles. The quantitative estimate of drug-likeness (QED) is 0.112. The largest absolute Gasteiger partial charge is 0.458 e. The number of carbonyl (C=O) groups is 4. The Balaban J connectivity index is 0.000000346. The second kappa shape index (κ2) is 18.6. The molecule has 4 aromatic rings. The van der Waals surface area contributed by atoms with E-state index in [2.05, 4.69) is 42.0 Å². The minimum Gasteiger partial charge on any atom is -0.352 e. The van der Waals surface area contributed by atoms with Crippen LogP contribution in [0.2, 0.25) is 5.02 Å².